The molecule has 3 nitrogen and oxygen atoms in total. The zero-order valence-electron chi connectivity index (χ0n) is 7.46. The maximum Gasteiger partial charge on any atom is 0.166 e. The molecule has 0 bridgehead atoms. The number of aromatic nitrogens is 2. The van der Waals surface area contributed by atoms with Gasteiger partial charge in [-0.05, 0) is 6.07 Å². The highest BCUT2D eigenvalue weighted by molar-refractivity contribution is 6.20. The maximum absolute atomic E-state index is 11.6. The van der Waals surface area contributed by atoms with Gasteiger partial charge in [0.1, 0.15) is 0 Å². The fourth-order valence-corrected chi connectivity index (χ4v) is 1.59. The maximum atomic E-state index is 11.6. The Balaban J connectivity index is 2.47. The van der Waals surface area contributed by atoms with Crippen LogP contribution in [0, 0.1) is 0 Å². The molecule has 0 aromatic carbocycles. The number of alkyl halides is 1. The highest BCUT2D eigenvalue weighted by atomic mass is 35.5. The monoisotopic (exact) mass is 208 g/mol. The summed E-state index contributed by atoms with van der Waals surface area (Å²) in [5.74, 6) is 0.408. The number of carbonyl (C=O) groups is 1. The molecule has 0 aliphatic heterocycles. The van der Waals surface area contributed by atoms with Gasteiger partial charge in [-0.2, -0.15) is 0 Å². The van der Waals surface area contributed by atoms with Crippen molar-refractivity contribution in [3.63, 3.8) is 0 Å². The Kier molecular flexibility index (Phi) is 2.50. The minimum absolute atomic E-state index is 0.0549. The average molecular weight is 209 g/mol. The number of hydrogen-bond donors (Lipinski definition) is 1. The molecule has 0 aliphatic rings. The largest absolute Gasteiger partial charge is 0.360 e. The molecule has 2 heterocycles. The van der Waals surface area contributed by atoms with E-state index >= 15 is 0 Å². The van der Waals surface area contributed by atoms with Crippen LogP contribution < -0.4 is 0 Å². The van der Waals surface area contributed by atoms with Crippen LogP contribution in [0.3, 0.4) is 0 Å². The molecule has 0 fully saturated rings. The third-order valence-corrected chi connectivity index (χ3v) is 2.29. The predicted molar refractivity (Wildman–Crippen MR) is 55.8 cm³/mol. The number of carbonyl (C=O) groups excluding carboxylic acids is 1. The van der Waals surface area contributed by atoms with Gasteiger partial charge in [-0.25, -0.2) is 0 Å². The average Bonchev–Trinajstić information content (AvgIpc) is 2.61. The molecule has 0 atom stereocenters. The Morgan fingerprint density at radius 2 is 2.43 bits per heavy atom. The Hall–Kier alpha value is -1.35. The van der Waals surface area contributed by atoms with Crippen LogP contribution in [-0.2, 0) is 0 Å². The van der Waals surface area contributed by atoms with Gasteiger partial charge in [-0.15, -0.1) is 11.6 Å². The normalized spacial score (nSPS) is 10.6. The van der Waals surface area contributed by atoms with Crippen molar-refractivity contribution in [3.05, 3.63) is 30.2 Å². The van der Waals surface area contributed by atoms with Gasteiger partial charge in [-0.1, -0.05) is 0 Å². The third kappa shape index (κ3) is 1.51. The van der Waals surface area contributed by atoms with Gasteiger partial charge in [0.15, 0.2) is 5.78 Å². The number of pyridine rings is 1. The van der Waals surface area contributed by atoms with Crippen molar-refractivity contribution in [3.8, 4) is 0 Å². The molecular weight excluding hydrogens is 200 g/mol. The Labute approximate surface area is 86.1 Å². The fourth-order valence-electron chi connectivity index (χ4n) is 1.41. The predicted octanol–water partition coefficient (Wildman–Crippen LogP) is 2.37. The van der Waals surface area contributed by atoms with E-state index in [1.54, 1.807) is 18.6 Å². The Bertz CT molecular complexity index is 464. The Morgan fingerprint density at radius 3 is 3.21 bits per heavy atom. The number of nitrogens with zero attached hydrogens (tertiary/aromatic N) is 1. The van der Waals surface area contributed by atoms with E-state index in [4.69, 9.17) is 11.6 Å². The van der Waals surface area contributed by atoms with Crippen molar-refractivity contribution < 1.29 is 4.79 Å². The van der Waals surface area contributed by atoms with Crippen LogP contribution in [0.1, 0.15) is 16.8 Å². The van der Waals surface area contributed by atoms with E-state index in [0.29, 0.717) is 17.9 Å². The van der Waals surface area contributed by atoms with Gasteiger partial charge in [0.25, 0.3) is 0 Å². The van der Waals surface area contributed by atoms with Gasteiger partial charge in [0.2, 0.25) is 0 Å². The van der Waals surface area contributed by atoms with Crippen LogP contribution >= 0.6 is 11.6 Å². The summed E-state index contributed by atoms with van der Waals surface area (Å²) in [6.45, 7) is 0. The number of nitrogens with one attached hydrogen (secondary N) is 1. The SMILES string of the molecule is O=C(CCCl)c1c[nH]c2ccncc12. The van der Waals surface area contributed by atoms with Crippen molar-refractivity contribution >= 4 is 28.3 Å². The molecule has 2 aromatic heterocycles. The number of rotatable bonds is 3. The molecule has 0 unspecified atom stereocenters. The van der Waals surface area contributed by atoms with Crippen molar-refractivity contribution in [2.24, 2.45) is 0 Å². The van der Waals surface area contributed by atoms with E-state index in [1.807, 2.05) is 6.07 Å². The number of aromatic amines is 1. The lowest BCUT2D eigenvalue weighted by Crippen LogP contribution is -1.98. The van der Waals surface area contributed by atoms with Gasteiger partial charge in [-0.3, -0.25) is 9.78 Å². The van der Waals surface area contributed by atoms with Crippen LogP contribution in [0.5, 0.6) is 0 Å². The summed E-state index contributed by atoms with van der Waals surface area (Å²) in [5.41, 5.74) is 1.60. The second kappa shape index (κ2) is 3.80. The smallest absolute Gasteiger partial charge is 0.166 e. The number of fused-ring (bicyclic) bond motifs is 1. The summed E-state index contributed by atoms with van der Waals surface area (Å²) in [4.78, 5) is 18.6. The van der Waals surface area contributed by atoms with E-state index < -0.39 is 0 Å². The standard InChI is InChI=1S/C10H9ClN2O/c11-3-1-10(14)8-6-13-9-2-4-12-5-7(8)9/h2,4-6,13H,1,3H2. The third-order valence-electron chi connectivity index (χ3n) is 2.11. The number of Topliss-reactive ketones (excluding diaryl/α,β-unsaturated/α-hetero) is 1. The number of ketones is 1. The number of halogens is 1. The van der Waals surface area contributed by atoms with E-state index in [0.717, 1.165) is 10.9 Å². The summed E-state index contributed by atoms with van der Waals surface area (Å²) >= 11 is 5.52. The molecule has 0 radical (unpaired) electrons. The van der Waals surface area contributed by atoms with Crippen molar-refractivity contribution in [2.75, 3.05) is 5.88 Å². The quantitative estimate of drug-likeness (QED) is 0.622. The van der Waals surface area contributed by atoms with Gasteiger partial charge >= 0.3 is 0 Å². The summed E-state index contributed by atoms with van der Waals surface area (Å²) in [6.07, 6.45) is 5.45. The minimum atomic E-state index is 0.0549. The Morgan fingerprint density at radius 1 is 1.57 bits per heavy atom. The van der Waals surface area contributed by atoms with Crippen LogP contribution in [0.4, 0.5) is 0 Å². The lowest BCUT2D eigenvalue weighted by Gasteiger charge is -1.94. The summed E-state index contributed by atoms with van der Waals surface area (Å²) in [7, 11) is 0. The molecule has 0 saturated carbocycles. The minimum Gasteiger partial charge on any atom is -0.360 e. The zero-order chi connectivity index (χ0) is 9.97. The molecule has 4 heteroatoms. The van der Waals surface area contributed by atoms with Gasteiger partial charge < -0.3 is 4.98 Å². The first-order chi connectivity index (χ1) is 6.83. The molecule has 0 spiro atoms. The van der Waals surface area contributed by atoms with Crippen LogP contribution in [0.25, 0.3) is 10.9 Å². The fraction of sp³-hybridized carbons (Fsp3) is 0.200. The molecule has 0 saturated heterocycles. The summed E-state index contributed by atoms with van der Waals surface area (Å²) in [5, 5.41) is 0.864. The molecule has 72 valence electrons. The number of H-pyrrole nitrogens is 1. The lowest BCUT2D eigenvalue weighted by molar-refractivity contribution is 0.0991. The molecule has 14 heavy (non-hydrogen) atoms. The summed E-state index contributed by atoms with van der Waals surface area (Å²) in [6, 6.07) is 1.84. The second-order valence-electron chi connectivity index (χ2n) is 2.99. The summed E-state index contributed by atoms with van der Waals surface area (Å²) < 4.78 is 0. The molecule has 2 aromatic rings. The van der Waals surface area contributed by atoms with E-state index in [1.165, 1.54) is 0 Å². The van der Waals surface area contributed by atoms with Crippen molar-refractivity contribution in [1.29, 1.82) is 0 Å². The topological polar surface area (TPSA) is 45.8 Å². The lowest BCUT2D eigenvalue weighted by atomic mass is 10.1. The van der Waals surface area contributed by atoms with Gasteiger partial charge in [0.05, 0.1) is 0 Å². The number of hydrogen-bond acceptors (Lipinski definition) is 2. The molecular formula is C10H9ClN2O. The first-order valence-corrected chi connectivity index (χ1v) is 4.86. The van der Waals surface area contributed by atoms with Crippen molar-refractivity contribution in [1.82, 2.24) is 9.97 Å². The molecule has 2 rings (SSSR count). The van der Waals surface area contributed by atoms with Crippen LogP contribution in [-0.4, -0.2) is 21.6 Å². The zero-order valence-corrected chi connectivity index (χ0v) is 8.21. The molecule has 0 amide bonds. The van der Waals surface area contributed by atoms with E-state index in [-0.39, 0.29) is 5.78 Å². The molecule has 0 aliphatic carbocycles. The molecule has 1 N–H and O–H groups in total. The van der Waals surface area contributed by atoms with E-state index in [2.05, 4.69) is 9.97 Å². The van der Waals surface area contributed by atoms with E-state index in [9.17, 15) is 4.79 Å². The highest BCUT2D eigenvalue weighted by Gasteiger charge is 2.10. The van der Waals surface area contributed by atoms with Crippen LogP contribution in [0.2, 0.25) is 0 Å². The first kappa shape index (κ1) is 9.21. The van der Waals surface area contributed by atoms with Crippen molar-refractivity contribution in [2.45, 2.75) is 6.42 Å². The van der Waals surface area contributed by atoms with Crippen LogP contribution in [0.15, 0.2) is 24.7 Å². The van der Waals surface area contributed by atoms with Gasteiger partial charge in [0, 0.05) is 47.4 Å². The second-order valence-corrected chi connectivity index (χ2v) is 3.36. The highest BCUT2D eigenvalue weighted by Crippen LogP contribution is 2.17. The first-order valence-electron chi connectivity index (χ1n) is 4.33.